The van der Waals surface area contributed by atoms with Crippen LogP contribution in [0.2, 0.25) is 0 Å². The van der Waals surface area contributed by atoms with Gasteiger partial charge < -0.3 is 14.3 Å². The van der Waals surface area contributed by atoms with Gasteiger partial charge in [0, 0.05) is 11.6 Å². The molecule has 0 radical (unpaired) electrons. The number of carbonyl (C=O) groups is 1. The normalized spacial score (nSPS) is 11.3. The summed E-state index contributed by atoms with van der Waals surface area (Å²) in [7, 11) is 4.50. The van der Waals surface area contributed by atoms with Crippen LogP contribution < -0.4 is 14.9 Å². The van der Waals surface area contributed by atoms with Crippen LogP contribution in [0.1, 0.15) is 10.4 Å². The fourth-order valence-corrected chi connectivity index (χ4v) is 2.84. The third-order valence-corrected chi connectivity index (χ3v) is 4.47. The number of carbonyl (C=O) groups excluding carboxylic acids is 1. The van der Waals surface area contributed by atoms with Crippen LogP contribution in [0.15, 0.2) is 83.1 Å². The van der Waals surface area contributed by atoms with Crippen molar-refractivity contribution in [3.05, 3.63) is 78.4 Å². The van der Waals surface area contributed by atoms with Gasteiger partial charge in [0.05, 0.1) is 26.1 Å². The van der Waals surface area contributed by atoms with Gasteiger partial charge in [-0.2, -0.15) is 5.10 Å². The predicted octanol–water partition coefficient (Wildman–Crippen LogP) is 4.65. The molecule has 0 saturated heterocycles. The molecule has 3 aromatic carbocycles. The maximum absolute atomic E-state index is 13.0. The van der Waals surface area contributed by atoms with Crippen molar-refractivity contribution in [3.8, 4) is 22.6 Å². The van der Waals surface area contributed by atoms with Gasteiger partial charge in [-0.3, -0.25) is 10.2 Å². The zero-order chi connectivity index (χ0) is 22.1. The first-order chi connectivity index (χ1) is 15.2. The van der Waals surface area contributed by atoms with E-state index in [9.17, 15) is 4.79 Å². The molecule has 0 atom stereocenters. The third kappa shape index (κ3) is 5.48. The van der Waals surface area contributed by atoms with Crippen molar-refractivity contribution in [1.29, 1.82) is 0 Å². The van der Waals surface area contributed by atoms with E-state index in [0.29, 0.717) is 22.7 Å². The maximum atomic E-state index is 13.0. The van der Waals surface area contributed by atoms with Gasteiger partial charge in [-0.05, 0) is 23.3 Å². The number of hydrogen-bond donors (Lipinski definition) is 1. The number of anilines is 1. The van der Waals surface area contributed by atoms with E-state index < -0.39 is 0 Å². The summed E-state index contributed by atoms with van der Waals surface area (Å²) >= 11 is 0. The number of benzene rings is 3. The Labute approximate surface area is 181 Å². The molecule has 0 aliphatic carbocycles. The number of nitrogens with one attached hydrogen (secondary N) is 1. The highest BCUT2D eigenvalue weighted by Crippen LogP contribution is 2.29. The SMILES string of the molecule is CO/N=C/C(=N/Nc1ccc(OC)cc1OC)C(=O)c1ccc(-c2ccccc2)cc1. The van der Waals surface area contributed by atoms with Crippen LogP contribution in [-0.4, -0.2) is 39.0 Å². The Hall–Kier alpha value is -4.13. The predicted molar refractivity (Wildman–Crippen MR) is 122 cm³/mol. The second-order valence-electron chi connectivity index (χ2n) is 6.36. The van der Waals surface area contributed by atoms with Crippen LogP contribution in [0.25, 0.3) is 11.1 Å². The topological polar surface area (TPSA) is 81.5 Å². The van der Waals surface area contributed by atoms with Crippen molar-refractivity contribution in [2.24, 2.45) is 10.3 Å². The van der Waals surface area contributed by atoms with Crippen LogP contribution in [0, 0.1) is 0 Å². The Morgan fingerprint density at radius 3 is 2.23 bits per heavy atom. The van der Waals surface area contributed by atoms with Crippen LogP contribution in [0.4, 0.5) is 5.69 Å². The second kappa shape index (κ2) is 10.6. The highest BCUT2D eigenvalue weighted by Gasteiger charge is 2.14. The smallest absolute Gasteiger partial charge is 0.214 e. The molecule has 0 spiro atoms. The lowest BCUT2D eigenvalue weighted by atomic mass is 10.0. The van der Waals surface area contributed by atoms with Crippen molar-refractivity contribution < 1.29 is 19.1 Å². The zero-order valence-electron chi connectivity index (χ0n) is 17.5. The van der Waals surface area contributed by atoms with Crippen molar-refractivity contribution in [2.75, 3.05) is 26.8 Å². The Balaban J connectivity index is 1.85. The third-order valence-electron chi connectivity index (χ3n) is 4.47. The molecule has 0 amide bonds. The highest BCUT2D eigenvalue weighted by atomic mass is 16.6. The fourth-order valence-electron chi connectivity index (χ4n) is 2.84. The molecule has 0 aliphatic rings. The monoisotopic (exact) mass is 417 g/mol. The van der Waals surface area contributed by atoms with E-state index in [1.165, 1.54) is 20.4 Å². The average Bonchev–Trinajstić information content (AvgIpc) is 2.84. The first kappa shape index (κ1) is 21.6. The molecule has 0 aliphatic heterocycles. The number of ketones is 1. The van der Waals surface area contributed by atoms with Crippen LogP contribution >= 0.6 is 0 Å². The van der Waals surface area contributed by atoms with E-state index in [1.54, 1.807) is 37.4 Å². The van der Waals surface area contributed by atoms with Gasteiger partial charge >= 0.3 is 0 Å². The molecular formula is C24H23N3O4. The molecule has 3 aromatic rings. The van der Waals surface area contributed by atoms with Crippen LogP contribution in [0.3, 0.4) is 0 Å². The number of ether oxygens (including phenoxy) is 2. The van der Waals surface area contributed by atoms with Crippen molar-refractivity contribution >= 4 is 23.4 Å². The Kier molecular flexibility index (Phi) is 7.37. The summed E-state index contributed by atoms with van der Waals surface area (Å²) < 4.78 is 10.5. The Bertz CT molecular complexity index is 1080. The lowest BCUT2D eigenvalue weighted by Crippen LogP contribution is -2.18. The minimum absolute atomic E-state index is 0.0761. The standard InChI is InChI=1S/C24H23N3O4/c1-29-20-13-14-21(23(15-20)30-2)26-27-22(16-25-31-3)24(28)19-11-9-18(10-12-19)17-7-5-4-6-8-17/h4-16,26H,1-3H3/b25-16+,27-22-. The zero-order valence-corrected chi connectivity index (χ0v) is 17.5. The minimum Gasteiger partial charge on any atom is -0.497 e. The number of methoxy groups -OCH3 is 2. The molecule has 158 valence electrons. The summed E-state index contributed by atoms with van der Waals surface area (Å²) in [6, 6.07) is 22.5. The number of Topliss-reactive ketones (excluding diaryl/α,β-unsaturated/α-hetero) is 1. The molecule has 0 aromatic heterocycles. The van der Waals surface area contributed by atoms with Gasteiger partial charge in [0.1, 0.15) is 18.6 Å². The number of nitrogens with zero attached hydrogens (tertiary/aromatic N) is 2. The number of hydrazone groups is 1. The summed E-state index contributed by atoms with van der Waals surface area (Å²) in [6.07, 6.45) is 1.26. The summed E-state index contributed by atoms with van der Waals surface area (Å²) in [5.41, 5.74) is 6.06. The van der Waals surface area contributed by atoms with E-state index in [2.05, 4.69) is 15.7 Å². The molecule has 7 heteroatoms. The van der Waals surface area contributed by atoms with Crippen LogP contribution in [-0.2, 0) is 4.84 Å². The van der Waals surface area contributed by atoms with Crippen molar-refractivity contribution in [1.82, 2.24) is 0 Å². The van der Waals surface area contributed by atoms with E-state index in [-0.39, 0.29) is 11.5 Å². The van der Waals surface area contributed by atoms with Crippen LogP contribution in [0.5, 0.6) is 11.5 Å². The summed E-state index contributed by atoms with van der Waals surface area (Å²) in [5, 5.41) is 7.92. The first-order valence-electron chi connectivity index (χ1n) is 9.48. The molecule has 0 fully saturated rings. The van der Waals surface area contributed by atoms with E-state index in [0.717, 1.165) is 11.1 Å². The molecule has 31 heavy (non-hydrogen) atoms. The first-order valence-corrected chi connectivity index (χ1v) is 9.48. The molecule has 3 rings (SSSR count). The lowest BCUT2D eigenvalue weighted by molar-refractivity contribution is 0.106. The molecule has 0 unspecified atom stereocenters. The van der Waals surface area contributed by atoms with Gasteiger partial charge in [-0.25, -0.2) is 0 Å². The molecule has 0 saturated carbocycles. The number of hydrogen-bond acceptors (Lipinski definition) is 7. The summed E-state index contributed by atoms with van der Waals surface area (Å²) in [5.74, 6) is 0.855. The van der Waals surface area contributed by atoms with Gasteiger partial charge in [0.2, 0.25) is 5.78 Å². The van der Waals surface area contributed by atoms with E-state index in [1.807, 2.05) is 42.5 Å². The van der Waals surface area contributed by atoms with Gasteiger partial charge in [-0.15, -0.1) is 0 Å². The minimum atomic E-state index is -0.305. The maximum Gasteiger partial charge on any atom is 0.214 e. The quantitative estimate of drug-likeness (QED) is 0.311. The van der Waals surface area contributed by atoms with E-state index in [4.69, 9.17) is 14.3 Å². The van der Waals surface area contributed by atoms with E-state index >= 15 is 0 Å². The Morgan fingerprint density at radius 2 is 1.58 bits per heavy atom. The highest BCUT2D eigenvalue weighted by molar-refractivity contribution is 6.64. The van der Waals surface area contributed by atoms with Gasteiger partial charge in [0.25, 0.3) is 0 Å². The Morgan fingerprint density at radius 1 is 0.871 bits per heavy atom. The second-order valence-corrected chi connectivity index (χ2v) is 6.36. The molecule has 1 N–H and O–H groups in total. The summed E-state index contributed by atoms with van der Waals surface area (Å²) in [6.45, 7) is 0. The average molecular weight is 417 g/mol. The molecule has 0 heterocycles. The molecule has 0 bridgehead atoms. The largest absolute Gasteiger partial charge is 0.497 e. The summed E-state index contributed by atoms with van der Waals surface area (Å²) in [4.78, 5) is 17.7. The lowest BCUT2D eigenvalue weighted by Gasteiger charge is -2.10. The molecular weight excluding hydrogens is 394 g/mol. The van der Waals surface area contributed by atoms with Gasteiger partial charge in [0.15, 0.2) is 5.71 Å². The van der Waals surface area contributed by atoms with Crippen molar-refractivity contribution in [3.63, 3.8) is 0 Å². The molecule has 7 nitrogen and oxygen atoms in total. The van der Waals surface area contributed by atoms with Crippen molar-refractivity contribution in [2.45, 2.75) is 0 Å². The number of oxime groups is 1. The number of rotatable bonds is 9. The van der Waals surface area contributed by atoms with Gasteiger partial charge in [-0.1, -0.05) is 59.8 Å². The fraction of sp³-hybridized carbons (Fsp3) is 0.125.